The van der Waals surface area contributed by atoms with Gasteiger partial charge in [0.1, 0.15) is 5.69 Å². The van der Waals surface area contributed by atoms with E-state index in [9.17, 15) is 9.59 Å². The van der Waals surface area contributed by atoms with E-state index >= 15 is 0 Å². The van der Waals surface area contributed by atoms with Gasteiger partial charge in [-0.15, -0.1) is 0 Å². The summed E-state index contributed by atoms with van der Waals surface area (Å²) >= 11 is 0. The molecule has 130 valence electrons. The number of carbonyl (C=O) groups excluding carboxylic acids is 2. The van der Waals surface area contributed by atoms with Gasteiger partial charge < -0.3 is 10.1 Å². The standard InChI is InChI=1S/C18H20N4O3/c1-25-18(24)14-11-22(10-13-5-3-2-4-6-13)12-16(14)21-17(23)15-9-19-7-8-20-15/h2-9,14,16H,10-12H2,1H3,(H,21,23). The van der Waals surface area contributed by atoms with Crippen molar-refractivity contribution in [2.45, 2.75) is 12.6 Å². The third-order valence-electron chi connectivity index (χ3n) is 4.26. The molecule has 1 aliphatic rings. The average Bonchev–Trinajstić information content (AvgIpc) is 3.04. The van der Waals surface area contributed by atoms with E-state index in [0.29, 0.717) is 19.6 Å². The zero-order valence-electron chi connectivity index (χ0n) is 14.0. The van der Waals surface area contributed by atoms with Crippen molar-refractivity contribution in [3.8, 4) is 0 Å². The molecule has 0 aliphatic carbocycles. The molecule has 0 bridgehead atoms. The number of hydrogen-bond donors (Lipinski definition) is 1. The zero-order valence-corrected chi connectivity index (χ0v) is 14.0. The molecule has 2 atom stereocenters. The second-order valence-electron chi connectivity index (χ2n) is 5.98. The Labute approximate surface area is 146 Å². The molecule has 1 amide bonds. The third kappa shape index (κ3) is 4.19. The van der Waals surface area contributed by atoms with Crippen LogP contribution in [-0.2, 0) is 16.1 Å². The number of esters is 1. The largest absolute Gasteiger partial charge is 0.469 e. The molecule has 1 aromatic carbocycles. The molecule has 1 N–H and O–H groups in total. The first-order chi connectivity index (χ1) is 12.2. The lowest BCUT2D eigenvalue weighted by atomic mass is 10.0. The van der Waals surface area contributed by atoms with E-state index in [1.165, 1.54) is 25.7 Å². The molecule has 2 aromatic rings. The third-order valence-corrected chi connectivity index (χ3v) is 4.26. The highest BCUT2D eigenvalue weighted by atomic mass is 16.5. The first-order valence-electron chi connectivity index (χ1n) is 8.08. The molecule has 1 aromatic heterocycles. The maximum Gasteiger partial charge on any atom is 0.312 e. The smallest absolute Gasteiger partial charge is 0.312 e. The van der Waals surface area contributed by atoms with Gasteiger partial charge in [-0.3, -0.25) is 19.5 Å². The van der Waals surface area contributed by atoms with E-state index in [2.05, 4.69) is 20.2 Å². The molecular formula is C18H20N4O3. The van der Waals surface area contributed by atoms with Crippen molar-refractivity contribution >= 4 is 11.9 Å². The first kappa shape index (κ1) is 17.0. The molecule has 0 radical (unpaired) electrons. The quantitative estimate of drug-likeness (QED) is 0.814. The van der Waals surface area contributed by atoms with E-state index < -0.39 is 5.92 Å². The van der Waals surface area contributed by atoms with Gasteiger partial charge in [-0.1, -0.05) is 30.3 Å². The predicted octanol–water partition coefficient (Wildman–Crippen LogP) is 0.880. The van der Waals surface area contributed by atoms with Gasteiger partial charge in [0.2, 0.25) is 0 Å². The fourth-order valence-electron chi connectivity index (χ4n) is 3.05. The van der Waals surface area contributed by atoms with Gasteiger partial charge in [0.15, 0.2) is 0 Å². The van der Waals surface area contributed by atoms with Crippen LogP contribution in [0.3, 0.4) is 0 Å². The van der Waals surface area contributed by atoms with Gasteiger partial charge >= 0.3 is 5.97 Å². The summed E-state index contributed by atoms with van der Waals surface area (Å²) in [6, 6.07) is 9.68. The molecule has 2 unspecified atom stereocenters. The van der Waals surface area contributed by atoms with Crippen molar-refractivity contribution in [1.29, 1.82) is 0 Å². The van der Waals surface area contributed by atoms with Gasteiger partial charge in [-0.2, -0.15) is 0 Å². The number of nitrogens with zero attached hydrogens (tertiary/aromatic N) is 3. The minimum Gasteiger partial charge on any atom is -0.469 e. The molecule has 3 rings (SSSR count). The van der Waals surface area contributed by atoms with Crippen molar-refractivity contribution in [3.63, 3.8) is 0 Å². The van der Waals surface area contributed by atoms with E-state index in [0.717, 1.165) is 5.56 Å². The molecule has 25 heavy (non-hydrogen) atoms. The van der Waals surface area contributed by atoms with Crippen molar-refractivity contribution < 1.29 is 14.3 Å². The lowest BCUT2D eigenvalue weighted by molar-refractivity contribution is -0.145. The van der Waals surface area contributed by atoms with Crippen LogP contribution < -0.4 is 5.32 Å². The van der Waals surface area contributed by atoms with Crippen LogP contribution in [0.5, 0.6) is 0 Å². The second kappa shape index (κ2) is 7.85. The molecule has 7 heteroatoms. The summed E-state index contributed by atoms with van der Waals surface area (Å²) in [7, 11) is 1.36. The van der Waals surface area contributed by atoms with Crippen molar-refractivity contribution in [3.05, 3.63) is 60.2 Å². The van der Waals surface area contributed by atoms with Gasteiger partial charge in [-0.05, 0) is 5.56 Å². The number of rotatable bonds is 5. The Morgan fingerprint density at radius 2 is 2.04 bits per heavy atom. The normalized spacial score (nSPS) is 20.2. The molecular weight excluding hydrogens is 320 g/mol. The Bertz CT molecular complexity index is 724. The fourth-order valence-corrected chi connectivity index (χ4v) is 3.05. The Kier molecular flexibility index (Phi) is 5.35. The maximum atomic E-state index is 12.3. The number of hydrogen-bond acceptors (Lipinski definition) is 6. The minimum atomic E-state index is -0.408. The fraction of sp³-hybridized carbons (Fsp3) is 0.333. The Balaban J connectivity index is 1.69. The van der Waals surface area contributed by atoms with Gasteiger partial charge in [-0.25, -0.2) is 4.98 Å². The van der Waals surface area contributed by atoms with Crippen LogP contribution in [0.1, 0.15) is 16.1 Å². The lowest BCUT2D eigenvalue weighted by Crippen LogP contribution is -2.43. The summed E-state index contributed by atoms with van der Waals surface area (Å²) in [4.78, 5) is 34.5. The number of amides is 1. The maximum absolute atomic E-state index is 12.3. The average molecular weight is 340 g/mol. The SMILES string of the molecule is COC(=O)C1CN(Cc2ccccc2)CC1NC(=O)c1cnccn1. The Hall–Kier alpha value is -2.80. The molecule has 7 nitrogen and oxygen atoms in total. The highest BCUT2D eigenvalue weighted by Crippen LogP contribution is 2.21. The van der Waals surface area contributed by atoms with Crippen LogP contribution >= 0.6 is 0 Å². The number of ether oxygens (including phenoxy) is 1. The number of methoxy groups -OCH3 is 1. The van der Waals surface area contributed by atoms with Crippen LogP contribution in [0.2, 0.25) is 0 Å². The van der Waals surface area contributed by atoms with Crippen LogP contribution in [0, 0.1) is 5.92 Å². The predicted molar refractivity (Wildman–Crippen MR) is 90.5 cm³/mol. The number of aromatic nitrogens is 2. The first-order valence-corrected chi connectivity index (χ1v) is 8.08. The number of benzene rings is 1. The molecule has 1 saturated heterocycles. The summed E-state index contributed by atoms with van der Waals surface area (Å²) in [5.74, 6) is -1.07. The van der Waals surface area contributed by atoms with Gasteiger partial charge in [0.05, 0.1) is 25.3 Å². The van der Waals surface area contributed by atoms with Gasteiger partial charge in [0, 0.05) is 32.0 Å². The van der Waals surface area contributed by atoms with Crippen molar-refractivity contribution in [2.75, 3.05) is 20.2 Å². The molecule has 2 heterocycles. The number of carbonyl (C=O) groups is 2. The van der Waals surface area contributed by atoms with Crippen LogP contribution in [0.4, 0.5) is 0 Å². The van der Waals surface area contributed by atoms with Crippen LogP contribution in [0.15, 0.2) is 48.9 Å². The molecule has 0 saturated carbocycles. The van der Waals surface area contributed by atoms with Crippen LogP contribution in [-0.4, -0.2) is 53.0 Å². The summed E-state index contributed by atoms with van der Waals surface area (Å²) in [5.41, 5.74) is 1.39. The summed E-state index contributed by atoms with van der Waals surface area (Å²) in [5, 5.41) is 2.89. The summed E-state index contributed by atoms with van der Waals surface area (Å²) in [6.45, 7) is 1.82. The van der Waals surface area contributed by atoms with Crippen LogP contribution in [0.25, 0.3) is 0 Å². The summed E-state index contributed by atoms with van der Waals surface area (Å²) in [6.07, 6.45) is 4.37. The highest BCUT2D eigenvalue weighted by Gasteiger charge is 2.39. The molecule has 0 spiro atoms. The number of likely N-dealkylation sites (tertiary alicyclic amines) is 1. The van der Waals surface area contributed by atoms with E-state index in [1.54, 1.807) is 0 Å². The zero-order chi connectivity index (χ0) is 17.6. The van der Waals surface area contributed by atoms with Crippen molar-refractivity contribution in [1.82, 2.24) is 20.2 Å². The summed E-state index contributed by atoms with van der Waals surface area (Å²) < 4.78 is 4.91. The highest BCUT2D eigenvalue weighted by molar-refractivity contribution is 5.92. The number of nitrogens with one attached hydrogen (secondary N) is 1. The van der Waals surface area contributed by atoms with Gasteiger partial charge in [0.25, 0.3) is 5.91 Å². The van der Waals surface area contributed by atoms with E-state index in [4.69, 9.17) is 4.74 Å². The Morgan fingerprint density at radius 3 is 2.72 bits per heavy atom. The Morgan fingerprint density at radius 1 is 1.24 bits per heavy atom. The second-order valence-corrected chi connectivity index (χ2v) is 5.98. The van der Waals surface area contributed by atoms with E-state index in [-0.39, 0.29) is 23.6 Å². The minimum absolute atomic E-state index is 0.229. The van der Waals surface area contributed by atoms with Crippen molar-refractivity contribution in [2.24, 2.45) is 5.92 Å². The molecule has 1 aliphatic heterocycles. The van der Waals surface area contributed by atoms with E-state index in [1.807, 2.05) is 30.3 Å². The lowest BCUT2D eigenvalue weighted by Gasteiger charge is -2.17. The topological polar surface area (TPSA) is 84.4 Å². The molecule has 1 fully saturated rings. The monoisotopic (exact) mass is 340 g/mol.